The molecule has 0 radical (unpaired) electrons. The van der Waals surface area contributed by atoms with Crippen molar-refractivity contribution in [3.8, 4) is 0 Å². The summed E-state index contributed by atoms with van der Waals surface area (Å²) in [7, 11) is 0. The SMILES string of the molecule is CCCCCCCCCCCCC/C=C/[C@@H](OC(=O)c1ccccc1)[C@H](CO[C@H]1O[C@H](CO)[C@H](O)[C@H](OCCCCC(C(=O)O)C(=O)O)[C@H]1O)NC(=O)CCCCCCCCCCCCCCC. The zero-order valence-electron chi connectivity index (χ0n) is 41.8. The van der Waals surface area contributed by atoms with E-state index in [9.17, 15) is 44.7 Å². The van der Waals surface area contributed by atoms with Crippen LogP contribution in [-0.2, 0) is 33.3 Å². The van der Waals surface area contributed by atoms with Crippen LogP contribution in [0.1, 0.15) is 210 Å². The van der Waals surface area contributed by atoms with Gasteiger partial charge in [-0.25, -0.2) is 4.79 Å². The Bertz CT molecular complexity index is 1460. The van der Waals surface area contributed by atoms with Gasteiger partial charge in [-0.15, -0.1) is 0 Å². The van der Waals surface area contributed by atoms with E-state index in [-0.39, 0.29) is 44.8 Å². The van der Waals surface area contributed by atoms with Crippen LogP contribution in [-0.4, -0.2) is 112 Å². The minimum absolute atomic E-state index is 0.0606. The van der Waals surface area contributed by atoms with E-state index in [1.807, 2.05) is 6.08 Å². The van der Waals surface area contributed by atoms with Crippen molar-refractivity contribution in [2.45, 2.75) is 243 Å². The Balaban J connectivity index is 2.14. The number of carboxylic acids is 2. The molecule has 1 heterocycles. The van der Waals surface area contributed by atoms with Crippen LogP contribution in [0.2, 0.25) is 0 Å². The fourth-order valence-electron chi connectivity index (χ4n) is 8.59. The molecule has 1 aromatic carbocycles. The van der Waals surface area contributed by atoms with Crippen LogP contribution in [0.4, 0.5) is 0 Å². The summed E-state index contributed by atoms with van der Waals surface area (Å²) in [6.45, 7) is 3.49. The van der Waals surface area contributed by atoms with Crippen molar-refractivity contribution in [2.75, 3.05) is 19.8 Å². The van der Waals surface area contributed by atoms with Gasteiger partial charge in [0, 0.05) is 13.0 Å². The van der Waals surface area contributed by atoms with Gasteiger partial charge in [0.1, 0.15) is 30.5 Å². The van der Waals surface area contributed by atoms with E-state index in [0.29, 0.717) is 12.0 Å². The third kappa shape index (κ3) is 27.1. The number of amides is 1. The molecule has 6 N–H and O–H groups in total. The summed E-state index contributed by atoms with van der Waals surface area (Å²) >= 11 is 0. The molecule has 1 aromatic rings. The molecule has 1 amide bonds. The molecular weight excluding hydrogens is 871 g/mol. The van der Waals surface area contributed by atoms with E-state index in [2.05, 4.69) is 19.2 Å². The van der Waals surface area contributed by atoms with Crippen LogP contribution in [0, 0.1) is 5.92 Å². The summed E-state index contributed by atoms with van der Waals surface area (Å²) in [4.78, 5) is 49.8. The molecular formula is C54H91NO13. The number of carbonyl (C=O) groups excluding carboxylic acids is 2. The second-order valence-electron chi connectivity index (χ2n) is 18.8. The van der Waals surface area contributed by atoms with Gasteiger partial charge in [0.2, 0.25) is 5.91 Å². The minimum atomic E-state index is -1.57. The Morgan fingerprint density at radius 1 is 0.662 bits per heavy atom. The van der Waals surface area contributed by atoms with Gasteiger partial charge in [0.05, 0.1) is 24.8 Å². The molecule has 14 nitrogen and oxygen atoms in total. The smallest absolute Gasteiger partial charge is 0.338 e. The first kappa shape index (κ1) is 60.7. The monoisotopic (exact) mass is 962 g/mol. The number of carboxylic acid groups (broad SMARTS) is 2. The van der Waals surface area contributed by atoms with Gasteiger partial charge in [-0.2, -0.15) is 0 Å². The Labute approximate surface area is 408 Å². The zero-order valence-corrected chi connectivity index (χ0v) is 41.8. The van der Waals surface area contributed by atoms with E-state index >= 15 is 0 Å². The number of rotatable bonds is 43. The quantitative estimate of drug-likeness (QED) is 0.0156. The Kier molecular flexibility index (Phi) is 35.1. The maximum atomic E-state index is 13.6. The fraction of sp³-hybridized carbons (Fsp3) is 0.778. The first-order valence-electron chi connectivity index (χ1n) is 26.6. The number of nitrogens with one attached hydrogen (secondary N) is 1. The maximum Gasteiger partial charge on any atom is 0.338 e. The second-order valence-corrected chi connectivity index (χ2v) is 18.8. The van der Waals surface area contributed by atoms with Crippen molar-refractivity contribution in [1.82, 2.24) is 5.32 Å². The number of benzene rings is 1. The number of carbonyl (C=O) groups is 4. The number of esters is 1. The third-order valence-corrected chi connectivity index (χ3v) is 12.9. The van der Waals surface area contributed by atoms with Gasteiger partial charge in [-0.3, -0.25) is 14.4 Å². The molecule has 0 aromatic heterocycles. The van der Waals surface area contributed by atoms with Gasteiger partial charge < -0.3 is 49.8 Å². The van der Waals surface area contributed by atoms with Crippen LogP contribution in [0.3, 0.4) is 0 Å². The average molecular weight is 962 g/mol. The van der Waals surface area contributed by atoms with Gasteiger partial charge in [0.25, 0.3) is 0 Å². The lowest BCUT2D eigenvalue weighted by atomic mass is 9.98. The summed E-state index contributed by atoms with van der Waals surface area (Å²) in [5, 5.41) is 53.9. The molecule has 1 fully saturated rings. The van der Waals surface area contributed by atoms with Crippen molar-refractivity contribution in [3.63, 3.8) is 0 Å². The summed E-state index contributed by atoms with van der Waals surface area (Å²) in [5.74, 6) is -5.28. The molecule has 0 aliphatic carbocycles. The zero-order chi connectivity index (χ0) is 49.6. The highest BCUT2D eigenvalue weighted by molar-refractivity contribution is 5.92. The Hall–Kier alpha value is -3.40. The number of aliphatic hydroxyl groups excluding tert-OH is 3. The lowest BCUT2D eigenvalue weighted by molar-refractivity contribution is -0.309. The number of aliphatic hydroxyl groups is 3. The van der Waals surface area contributed by atoms with Crippen LogP contribution in [0.15, 0.2) is 42.5 Å². The van der Waals surface area contributed by atoms with Crippen molar-refractivity contribution in [3.05, 3.63) is 48.0 Å². The standard InChI is InChI=1S/C54H91NO13/c1-3-5-7-9-11-13-15-17-19-21-23-25-30-37-45(67-53(64)42-34-28-27-29-35-42)44(55-47(57)38-31-26-24-22-20-18-16-14-12-10-8-6-4-2)41-66-54-49(59)50(48(58)46(40-56)68-54)65-39-33-32-36-43(51(60)61)52(62)63/h27-30,34-35,37,43-46,48-50,54,56,58-59H,3-26,31-33,36,38-41H2,1-2H3,(H,55,57)(H,60,61)(H,62,63)/b37-30+/t44-,45+,46+,48-,49+,50-,54-/m0/s1. The summed E-state index contributed by atoms with van der Waals surface area (Å²) in [5.41, 5.74) is 0.335. The summed E-state index contributed by atoms with van der Waals surface area (Å²) < 4.78 is 23.9. The van der Waals surface area contributed by atoms with E-state index < -0.39 is 73.3 Å². The van der Waals surface area contributed by atoms with Crippen LogP contribution in [0.5, 0.6) is 0 Å². The summed E-state index contributed by atoms with van der Waals surface area (Å²) in [6, 6.07) is 7.65. The van der Waals surface area contributed by atoms with Crippen molar-refractivity contribution in [1.29, 1.82) is 0 Å². The number of ether oxygens (including phenoxy) is 4. The largest absolute Gasteiger partial charge is 0.481 e. The van der Waals surface area contributed by atoms with Crippen LogP contribution in [0.25, 0.3) is 0 Å². The second kappa shape index (κ2) is 39.3. The predicted octanol–water partition coefficient (Wildman–Crippen LogP) is 10.2. The summed E-state index contributed by atoms with van der Waals surface area (Å²) in [6.07, 6.45) is 25.8. The van der Waals surface area contributed by atoms with E-state index in [1.54, 1.807) is 36.4 Å². The lowest BCUT2D eigenvalue weighted by Gasteiger charge is -2.42. The minimum Gasteiger partial charge on any atom is -0.481 e. The lowest BCUT2D eigenvalue weighted by Crippen LogP contribution is -2.61. The van der Waals surface area contributed by atoms with E-state index in [4.69, 9.17) is 18.9 Å². The van der Waals surface area contributed by atoms with Gasteiger partial charge in [0.15, 0.2) is 12.2 Å². The van der Waals surface area contributed by atoms with Crippen LogP contribution < -0.4 is 5.32 Å². The average Bonchev–Trinajstić information content (AvgIpc) is 3.32. The number of allylic oxidation sites excluding steroid dienone is 1. The molecule has 7 atom stereocenters. The van der Waals surface area contributed by atoms with Crippen molar-refractivity contribution < 1.29 is 63.7 Å². The topological polar surface area (TPSA) is 218 Å². The molecule has 2 rings (SSSR count). The first-order chi connectivity index (χ1) is 33.0. The third-order valence-electron chi connectivity index (χ3n) is 12.9. The number of hydrogen-bond donors (Lipinski definition) is 6. The van der Waals surface area contributed by atoms with Crippen LogP contribution >= 0.6 is 0 Å². The predicted molar refractivity (Wildman–Crippen MR) is 264 cm³/mol. The number of hydrogen-bond acceptors (Lipinski definition) is 11. The molecule has 14 heteroatoms. The molecule has 68 heavy (non-hydrogen) atoms. The molecule has 1 aliphatic heterocycles. The number of unbranched alkanes of at least 4 members (excludes halogenated alkanes) is 24. The molecule has 0 bridgehead atoms. The molecule has 1 aliphatic rings. The van der Waals surface area contributed by atoms with E-state index in [1.165, 1.54) is 109 Å². The molecule has 1 saturated heterocycles. The highest BCUT2D eigenvalue weighted by Crippen LogP contribution is 2.26. The van der Waals surface area contributed by atoms with Gasteiger partial charge in [-0.05, 0) is 56.7 Å². The molecule has 0 saturated carbocycles. The normalized spacial score (nSPS) is 19.3. The van der Waals surface area contributed by atoms with Crippen molar-refractivity contribution >= 4 is 23.8 Å². The van der Waals surface area contributed by atoms with Gasteiger partial charge >= 0.3 is 17.9 Å². The Morgan fingerprint density at radius 3 is 1.69 bits per heavy atom. The maximum absolute atomic E-state index is 13.6. The number of aliphatic carboxylic acids is 2. The van der Waals surface area contributed by atoms with Crippen molar-refractivity contribution in [2.24, 2.45) is 5.92 Å². The molecule has 0 spiro atoms. The fourth-order valence-corrected chi connectivity index (χ4v) is 8.59. The molecule has 0 unspecified atom stereocenters. The van der Waals surface area contributed by atoms with Gasteiger partial charge in [-0.1, -0.05) is 179 Å². The first-order valence-corrected chi connectivity index (χ1v) is 26.6. The van der Waals surface area contributed by atoms with E-state index in [0.717, 1.165) is 44.9 Å². The molecule has 390 valence electrons. The Morgan fingerprint density at radius 2 is 1.18 bits per heavy atom. The highest BCUT2D eigenvalue weighted by Gasteiger charge is 2.46. The highest BCUT2D eigenvalue weighted by atomic mass is 16.7.